The van der Waals surface area contributed by atoms with Crippen LogP contribution in [0.2, 0.25) is 0 Å². The smallest absolute Gasteiger partial charge is 0.257 e. The van der Waals surface area contributed by atoms with Gasteiger partial charge >= 0.3 is 0 Å². The van der Waals surface area contributed by atoms with Gasteiger partial charge in [0.15, 0.2) is 4.34 Å². The fourth-order valence-corrected chi connectivity index (χ4v) is 4.02. The summed E-state index contributed by atoms with van der Waals surface area (Å²) in [4.78, 5) is 0.941. The SMILES string of the molecule is Nc1nnc(SCc2nnc(-c3ccc(Br)s3)o2)s1. The van der Waals surface area contributed by atoms with Gasteiger partial charge in [0.05, 0.1) is 14.4 Å². The lowest BCUT2D eigenvalue weighted by Gasteiger charge is -1.90. The van der Waals surface area contributed by atoms with Crippen molar-refractivity contribution in [3.05, 3.63) is 21.8 Å². The number of hydrogen-bond donors (Lipinski definition) is 1. The third kappa shape index (κ3) is 3.14. The standard InChI is InChI=1S/C9H6BrN5OS3/c10-5-2-1-4(18-5)7-13-12-6(16-7)3-17-9-15-14-8(11)19-9/h1-2H,3H2,(H2,11,14). The number of hydrogen-bond acceptors (Lipinski definition) is 9. The second-order valence-electron chi connectivity index (χ2n) is 3.30. The zero-order chi connectivity index (χ0) is 13.2. The summed E-state index contributed by atoms with van der Waals surface area (Å²) in [5, 5.41) is 16.1. The zero-order valence-electron chi connectivity index (χ0n) is 9.24. The summed E-state index contributed by atoms with van der Waals surface area (Å²) in [5.74, 6) is 1.63. The summed E-state index contributed by atoms with van der Waals surface area (Å²) >= 11 is 7.76. The van der Waals surface area contributed by atoms with Crippen LogP contribution < -0.4 is 5.73 Å². The summed E-state index contributed by atoms with van der Waals surface area (Å²) in [6.45, 7) is 0. The molecule has 0 atom stereocenters. The van der Waals surface area contributed by atoms with Gasteiger partial charge in [-0.2, -0.15) is 0 Å². The first-order valence-corrected chi connectivity index (χ1v) is 8.42. The Morgan fingerprint density at radius 2 is 2.11 bits per heavy atom. The second-order valence-corrected chi connectivity index (χ2v) is 7.99. The Bertz CT molecular complexity index is 693. The maximum absolute atomic E-state index is 5.58. The van der Waals surface area contributed by atoms with Crippen molar-refractivity contribution in [3.63, 3.8) is 0 Å². The Morgan fingerprint density at radius 1 is 1.21 bits per heavy atom. The molecule has 6 nitrogen and oxygen atoms in total. The van der Waals surface area contributed by atoms with Crippen LogP contribution in [0.1, 0.15) is 5.89 Å². The van der Waals surface area contributed by atoms with Crippen LogP contribution in [0.15, 0.2) is 24.7 Å². The molecule has 0 spiro atoms. The number of nitrogen functional groups attached to an aromatic ring is 1. The number of nitrogens with two attached hydrogens (primary N) is 1. The molecule has 0 amide bonds. The molecule has 0 radical (unpaired) electrons. The van der Waals surface area contributed by atoms with Gasteiger partial charge in [-0.05, 0) is 28.1 Å². The molecule has 0 aliphatic heterocycles. The molecule has 0 aromatic carbocycles. The number of rotatable bonds is 4. The normalized spacial score (nSPS) is 11.0. The molecule has 0 saturated carbocycles. The van der Waals surface area contributed by atoms with E-state index in [1.54, 1.807) is 11.3 Å². The minimum atomic E-state index is 0.456. The molecule has 0 fully saturated rings. The lowest BCUT2D eigenvalue weighted by atomic mass is 10.5. The van der Waals surface area contributed by atoms with Gasteiger partial charge in [0.2, 0.25) is 11.0 Å². The average Bonchev–Trinajstić information content (AvgIpc) is 3.07. The van der Waals surface area contributed by atoms with Crippen molar-refractivity contribution in [2.75, 3.05) is 5.73 Å². The molecule has 3 aromatic heterocycles. The van der Waals surface area contributed by atoms with Gasteiger partial charge in [0, 0.05) is 0 Å². The van der Waals surface area contributed by atoms with Crippen LogP contribution in [0.5, 0.6) is 0 Å². The van der Waals surface area contributed by atoms with Crippen LogP contribution in [-0.2, 0) is 5.75 Å². The van der Waals surface area contributed by atoms with E-state index in [0.717, 1.165) is 13.0 Å². The van der Waals surface area contributed by atoms with Crippen LogP contribution in [-0.4, -0.2) is 20.4 Å². The minimum Gasteiger partial charge on any atom is -0.419 e. The first-order valence-electron chi connectivity index (χ1n) is 5.00. The van der Waals surface area contributed by atoms with Crippen molar-refractivity contribution in [1.29, 1.82) is 0 Å². The first kappa shape index (κ1) is 13.0. The van der Waals surface area contributed by atoms with Gasteiger partial charge < -0.3 is 10.2 Å². The summed E-state index contributed by atoms with van der Waals surface area (Å²) in [6, 6.07) is 3.88. The Hall–Kier alpha value is -0.970. The van der Waals surface area contributed by atoms with Gasteiger partial charge in [0.1, 0.15) is 0 Å². The van der Waals surface area contributed by atoms with Crippen molar-refractivity contribution in [3.8, 4) is 10.8 Å². The number of nitrogens with zero attached hydrogens (tertiary/aromatic N) is 4. The lowest BCUT2D eigenvalue weighted by molar-refractivity contribution is 0.529. The molecule has 0 bridgehead atoms. The van der Waals surface area contributed by atoms with Crippen molar-refractivity contribution in [2.45, 2.75) is 10.1 Å². The van der Waals surface area contributed by atoms with E-state index in [1.807, 2.05) is 12.1 Å². The third-order valence-corrected chi connectivity index (χ3v) is 5.47. The van der Waals surface area contributed by atoms with Crippen molar-refractivity contribution in [2.24, 2.45) is 0 Å². The Morgan fingerprint density at radius 3 is 2.79 bits per heavy atom. The fraction of sp³-hybridized carbons (Fsp3) is 0.111. The molecule has 0 unspecified atom stereocenters. The predicted molar refractivity (Wildman–Crippen MR) is 79.2 cm³/mol. The largest absolute Gasteiger partial charge is 0.419 e. The molecule has 3 aromatic rings. The fourth-order valence-electron chi connectivity index (χ4n) is 1.24. The lowest BCUT2D eigenvalue weighted by Crippen LogP contribution is -1.80. The molecule has 98 valence electrons. The highest BCUT2D eigenvalue weighted by atomic mass is 79.9. The molecular formula is C9H6BrN5OS3. The van der Waals surface area contributed by atoms with E-state index >= 15 is 0 Å². The van der Waals surface area contributed by atoms with Crippen molar-refractivity contribution >= 4 is 55.5 Å². The zero-order valence-corrected chi connectivity index (χ0v) is 13.3. The van der Waals surface area contributed by atoms with E-state index in [2.05, 4.69) is 36.3 Å². The van der Waals surface area contributed by atoms with E-state index in [0.29, 0.717) is 22.7 Å². The molecule has 19 heavy (non-hydrogen) atoms. The first-order chi connectivity index (χ1) is 9.20. The molecular weight excluding hydrogens is 370 g/mol. The molecule has 0 aliphatic carbocycles. The van der Waals surface area contributed by atoms with Crippen LogP contribution in [0.25, 0.3) is 10.8 Å². The van der Waals surface area contributed by atoms with Crippen LogP contribution in [0.3, 0.4) is 0 Å². The third-order valence-electron chi connectivity index (χ3n) is 1.99. The molecule has 2 N–H and O–H groups in total. The summed E-state index contributed by atoms with van der Waals surface area (Å²) in [7, 11) is 0. The van der Waals surface area contributed by atoms with E-state index in [-0.39, 0.29) is 0 Å². The van der Waals surface area contributed by atoms with Gasteiger partial charge in [0.25, 0.3) is 5.89 Å². The Kier molecular flexibility index (Phi) is 3.82. The van der Waals surface area contributed by atoms with Gasteiger partial charge in [-0.3, -0.25) is 0 Å². The quantitative estimate of drug-likeness (QED) is 0.699. The monoisotopic (exact) mass is 375 g/mol. The molecule has 10 heteroatoms. The highest BCUT2D eigenvalue weighted by Gasteiger charge is 2.12. The van der Waals surface area contributed by atoms with Gasteiger partial charge in [-0.15, -0.1) is 31.7 Å². The highest BCUT2D eigenvalue weighted by molar-refractivity contribution is 9.11. The van der Waals surface area contributed by atoms with Crippen LogP contribution in [0.4, 0.5) is 5.13 Å². The Labute approximate surface area is 128 Å². The summed E-state index contributed by atoms with van der Waals surface area (Å²) < 4.78 is 7.40. The van der Waals surface area contributed by atoms with Crippen LogP contribution in [0, 0.1) is 0 Å². The summed E-state index contributed by atoms with van der Waals surface area (Å²) in [5.41, 5.74) is 5.51. The average molecular weight is 376 g/mol. The molecule has 0 saturated heterocycles. The molecule has 3 heterocycles. The van der Waals surface area contributed by atoms with E-state index in [4.69, 9.17) is 10.2 Å². The maximum Gasteiger partial charge on any atom is 0.257 e. The second kappa shape index (κ2) is 5.57. The van der Waals surface area contributed by atoms with E-state index in [9.17, 15) is 0 Å². The molecule has 0 aliphatic rings. The summed E-state index contributed by atoms with van der Waals surface area (Å²) in [6.07, 6.45) is 0. The number of halogens is 1. The van der Waals surface area contributed by atoms with Gasteiger partial charge in [-0.1, -0.05) is 23.1 Å². The number of aromatic nitrogens is 4. The number of thiophene rings is 1. The van der Waals surface area contributed by atoms with Gasteiger partial charge in [-0.25, -0.2) is 0 Å². The predicted octanol–water partition coefficient (Wildman–Crippen LogP) is 3.29. The van der Waals surface area contributed by atoms with Crippen molar-refractivity contribution < 1.29 is 4.42 Å². The minimum absolute atomic E-state index is 0.456. The van der Waals surface area contributed by atoms with E-state index in [1.165, 1.54) is 23.1 Å². The maximum atomic E-state index is 5.58. The van der Waals surface area contributed by atoms with E-state index < -0.39 is 0 Å². The number of anilines is 1. The Balaban J connectivity index is 1.68. The van der Waals surface area contributed by atoms with Crippen molar-refractivity contribution in [1.82, 2.24) is 20.4 Å². The number of thioether (sulfide) groups is 1. The highest BCUT2D eigenvalue weighted by Crippen LogP contribution is 2.31. The van der Waals surface area contributed by atoms with Crippen LogP contribution >= 0.6 is 50.4 Å². The topological polar surface area (TPSA) is 90.7 Å². The molecule has 3 rings (SSSR count).